The number of fused-ring (bicyclic) bond motifs is 1. The first-order chi connectivity index (χ1) is 9.69. The summed E-state index contributed by atoms with van der Waals surface area (Å²) in [5.74, 6) is -0.810. The number of allylic oxidation sites excluding steroid dienone is 3. The molecule has 1 fully saturated rings. The van der Waals surface area contributed by atoms with E-state index in [9.17, 15) is 0 Å². The molecule has 0 radical (unpaired) electrons. The monoisotopic (exact) mass is 211 g/mol. The van der Waals surface area contributed by atoms with Gasteiger partial charge in [-0.1, -0.05) is 37.6 Å². The van der Waals surface area contributed by atoms with Gasteiger partial charge in [0.05, 0.1) is 1.37 Å². The molecule has 0 aromatic carbocycles. The van der Waals surface area contributed by atoms with Crippen molar-refractivity contribution in [3.63, 3.8) is 0 Å². The summed E-state index contributed by atoms with van der Waals surface area (Å²) in [5.41, 5.74) is 0.125. The van der Waals surface area contributed by atoms with E-state index in [1.807, 2.05) is 6.92 Å². The van der Waals surface area contributed by atoms with Gasteiger partial charge in [-0.3, -0.25) is 0 Å². The molecule has 0 bridgehead atoms. The van der Waals surface area contributed by atoms with E-state index in [0.717, 1.165) is 5.57 Å². The Balaban J connectivity index is 2.74. The van der Waals surface area contributed by atoms with Crippen LogP contribution in [0.2, 0.25) is 0 Å². The van der Waals surface area contributed by atoms with Crippen molar-refractivity contribution in [2.75, 3.05) is 0 Å². The molecule has 2 aliphatic rings. The van der Waals surface area contributed by atoms with E-state index in [1.54, 1.807) is 13.8 Å². The first kappa shape index (κ1) is 5.21. The summed E-state index contributed by atoms with van der Waals surface area (Å²) in [6.45, 7) is 9.19. The van der Waals surface area contributed by atoms with Crippen molar-refractivity contribution < 1.29 is 9.60 Å². The summed E-state index contributed by atoms with van der Waals surface area (Å²) in [4.78, 5) is 0. The predicted molar refractivity (Wildman–Crippen MR) is 66.7 cm³/mol. The molecule has 0 amide bonds. The molecular weight excluding hydrogens is 180 g/mol. The molecule has 2 aliphatic carbocycles. The van der Waals surface area contributed by atoms with Crippen LogP contribution in [0.15, 0.2) is 23.8 Å². The molecule has 0 aliphatic heterocycles. The molecule has 15 heavy (non-hydrogen) atoms. The van der Waals surface area contributed by atoms with Gasteiger partial charge in [-0.15, -0.1) is 0 Å². The Morgan fingerprint density at radius 1 is 1.73 bits per heavy atom. The van der Waals surface area contributed by atoms with Gasteiger partial charge in [0.1, 0.15) is 0 Å². The highest BCUT2D eigenvalue weighted by atomic mass is 14.5. The Kier molecular flexibility index (Phi) is 1.32. The third-order valence-electron chi connectivity index (χ3n) is 3.90. The van der Waals surface area contributed by atoms with Crippen molar-refractivity contribution in [1.82, 2.24) is 0 Å². The van der Waals surface area contributed by atoms with E-state index in [1.165, 1.54) is 0 Å². The standard InChI is InChI=1S/C15H24/c1-11(2)13-8-9-14-7-5-6-12(3)15(14,4)10-13/h7,12-13H,1,5-6,8-10H2,2-4H3/t12-,13-,15+/m1/s1/i5D2,6D2,7D,9D2. The first-order valence-electron chi connectivity index (χ1n) is 9.07. The summed E-state index contributed by atoms with van der Waals surface area (Å²) in [6, 6.07) is -0.511. The fraction of sp³-hybridized carbons (Fsp3) is 0.733. The fourth-order valence-electron chi connectivity index (χ4n) is 2.41. The van der Waals surface area contributed by atoms with Gasteiger partial charge in [0, 0.05) is 8.22 Å². The van der Waals surface area contributed by atoms with Gasteiger partial charge in [0.2, 0.25) is 0 Å². The maximum absolute atomic E-state index is 8.39. The maximum atomic E-state index is 8.39. The second-order valence-corrected chi connectivity index (χ2v) is 5.04. The minimum absolute atomic E-state index is 0.0845. The van der Waals surface area contributed by atoms with Crippen LogP contribution in [-0.2, 0) is 0 Å². The summed E-state index contributed by atoms with van der Waals surface area (Å²) >= 11 is 0. The molecule has 0 aromatic heterocycles. The van der Waals surface area contributed by atoms with Crippen molar-refractivity contribution >= 4 is 0 Å². The Bertz CT molecular complexity index is 546. The zero-order valence-corrected chi connectivity index (χ0v) is 9.78. The van der Waals surface area contributed by atoms with Gasteiger partial charge in [0.15, 0.2) is 0 Å². The van der Waals surface area contributed by atoms with Gasteiger partial charge in [0.25, 0.3) is 0 Å². The molecule has 0 heterocycles. The Labute approximate surface area is 104 Å². The molecule has 0 unspecified atom stereocenters. The van der Waals surface area contributed by atoms with Crippen LogP contribution in [0.5, 0.6) is 0 Å². The third-order valence-corrected chi connectivity index (χ3v) is 3.90. The molecule has 0 nitrogen and oxygen atoms in total. The second kappa shape index (κ2) is 3.81. The predicted octanol–water partition coefficient (Wildman–Crippen LogP) is 4.73. The van der Waals surface area contributed by atoms with Crippen LogP contribution in [0.3, 0.4) is 0 Å². The average Bonchev–Trinajstić information content (AvgIpc) is 2.33. The highest BCUT2D eigenvalue weighted by Crippen LogP contribution is 2.53. The van der Waals surface area contributed by atoms with Crippen molar-refractivity contribution in [3.05, 3.63) is 23.8 Å². The quantitative estimate of drug-likeness (QED) is 0.550. The summed E-state index contributed by atoms with van der Waals surface area (Å²) in [6.07, 6.45) is -5.82. The summed E-state index contributed by atoms with van der Waals surface area (Å²) in [5, 5.41) is 0. The molecule has 0 heteroatoms. The van der Waals surface area contributed by atoms with Crippen molar-refractivity contribution in [2.24, 2.45) is 17.3 Å². The van der Waals surface area contributed by atoms with Crippen LogP contribution in [-0.4, -0.2) is 0 Å². The van der Waals surface area contributed by atoms with E-state index < -0.39 is 36.5 Å². The van der Waals surface area contributed by atoms with Crippen LogP contribution in [0.1, 0.15) is 62.3 Å². The van der Waals surface area contributed by atoms with E-state index in [0.29, 0.717) is 6.42 Å². The fourth-order valence-corrected chi connectivity index (χ4v) is 2.41. The lowest BCUT2D eigenvalue weighted by Gasteiger charge is -2.47. The zero-order chi connectivity index (χ0) is 17.3. The van der Waals surface area contributed by atoms with Gasteiger partial charge in [-0.05, 0) is 56.1 Å². The maximum Gasteiger partial charge on any atom is 0.0576 e. The van der Waals surface area contributed by atoms with Crippen LogP contribution in [0.25, 0.3) is 0 Å². The lowest BCUT2D eigenvalue weighted by molar-refractivity contribution is 0.151. The molecular formula is C15H24. The van der Waals surface area contributed by atoms with E-state index in [4.69, 9.17) is 9.60 Å². The van der Waals surface area contributed by atoms with Gasteiger partial charge in [-0.25, -0.2) is 0 Å². The molecule has 84 valence electrons. The van der Waals surface area contributed by atoms with Gasteiger partial charge >= 0.3 is 0 Å². The average molecular weight is 211 g/mol. The Morgan fingerprint density at radius 3 is 3.13 bits per heavy atom. The lowest BCUT2D eigenvalue weighted by Crippen LogP contribution is -2.36. The number of hydrogen-bond donors (Lipinski definition) is 0. The molecule has 2 rings (SSSR count). The highest BCUT2D eigenvalue weighted by molar-refractivity contribution is 5.23. The van der Waals surface area contributed by atoms with Crippen LogP contribution >= 0.6 is 0 Å². The Hall–Kier alpha value is -0.520. The van der Waals surface area contributed by atoms with Crippen LogP contribution < -0.4 is 0 Å². The summed E-state index contributed by atoms with van der Waals surface area (Å²) < 4.78 is 57.5. The van der Waals surface area contributed by atoms with E-state index in [-0.39, 0.29) is 17.9 Å². The van der Waals surface area contributed by atoms with Crippen molar-refractivity contribution in [3.8, 4) is 0 Å². The lowest BCUT2D eigenvalue weighted by atomic mass is 9.58. The minimum atomic E-state index is -2.48. The molecule has 3 atom stereocenters. The molecule has 0 N–H and O–H groups in total. The summed E-state index contributed by atoms with van der Waals surface area (Å²) in [7, 11) is 0. The topological polar surface area (TPSA) is 0 Å². The molecule has 1 saturated carbocycles. The number of hydrogen-bond acceptors (Lipinski definition) is 0. The molecule has 0 spiro atoms. The molecule has 0 saturated heterocycles. The largest absolute Gasteiger partial charge is 0.0999 e. The van der Waals surface area contributed by atoms with Crippen LogP contribution in [0, 0.1) is 17.3 Å². The SMILES string of the molecule is [2H]C1=C2C([2H])([2H])C[C@@H](C(=C)C)C[C@@]2(C)[C@H](C)C([2H])([2H])C1([2H])[2H]. The minimum Gasteiger partial charge on any atom is -0.0999 e. The van der Waals surface area contributed by atoms with E-state index >= 15 is 0 Å². The van der Waals surface area contributed by atoms with Crippen molar-refractivity contribution in [1.29, 1.82) is 0 Å². The smallest absolute Gasteiger partial charge is 0.0576 e. The van der Waals surface area contributed by atoms with Gasteiger partial charge < -0.3 is 0 Å². The second-order valence-electron chi connectivity index (χ2n) is 5.04. The zero-order valence-electron chi connectivity index (χ0n) is 16.8. The van der Waals surface area contributed by atoms with Crippen LogP contribution in [0.4, 0.5) is 0 Å². The van der Waals surface area contributed by atoms with Crippen molar-refractivity contribution in [2.45, 2.75) is 52.7 Å². The van der Waals surface area contributed by atoms with Gasteiger partial charge in [-0.2, -0.15) is 0 Å². The van der Waals surface area contributed by atoms with E-state index in [2.05, 4.69) is 6.58 Å². The number of rotatable bonds is 1. The highest BCUT2D eigenvalue weighted by Gasteiger charge is 2.41. The first-order valence-corrected chi connectivity index (χ1v) is 5.57. The third kappa shape index (κ3) is 1.79. The molecule has 0 aromatic rings. The normalized spacial score (nSPS) is 58.2. The Morgan fingerprint density at radius 2 is 2.47 bits per heavy atom.